The van der Waals surface area contributed by atoms with Crippen molar-refractivity contribution in [1.82, 2.24) is 0 Å². The Morgan fingerprint density at radius 2 is 1.76 bits per heavy atom. The minimum atomic E-state index is 0.268. The average molecular weight is 224 g/mol. The van der Waals surface area contributed by atoms with E-state index < -0.39 is 0 Å². The predicted octanol–water partition coefficient (Wildman–Crippen LogP) is 3.73. The van der Waals surface area contributed by atoms with E-state index in [2.05, 4.69) is 12.1 Å². The van der Waals surface area contributed by atoms with Crippen LogP contribution in [0.15, 0.2) is 59.0 Å². The third-order valence-electron chi connectivity index (χ3n) is 2.77. The molecule has 2 aromatic carbocycles. The molecule has 0 atom stereocenters. The molecule has 3 rings (SSSR count). The van der Waals surface area contributed by atoms with Gasteiger partial charge in [-0.15, -0.1) is 0 Å². The van der Waals surface area contributed by atoms with Gasteiger partial charge in [0.1, 0.15) is 17.1 Å². The van der Waals surface area contributed by atoms with E-state index in [1.807, 2.05) is 24.3 Å². The van der Waals surface area contributed by atoms with Crippen molar-refractivity contribution in [3.8, 4) is 5.75 Å². The topological polar surface area (TPSA) is 33.4 Å². The van der Waals surface area contributed by atoms with Gasteiger partial charge in [0.05, 0.1) is 0 Å². The molecule has 0 spiro atoms. The smallest absolute Gasteiger partial charge is 0.134 e. The number of hydrogen-bond acceptors (Lipinski definition) is 2. The molecule has 0 aliphatic carbocycles. The molecule has 0 bridgehead atoms. The molecule has 1 N–H and O–H groups in total. The quantitative estimate of drug-likeness (QED) is 0.719. The van der Waals surface area contributed by atoms with E-state index in [4.69, 9.17) is 4.42 Å². The summed E-state index contributed by atoms with van der Waals surface area (Å²) in [6.45, 7) is 0. The maximum Gasteiger partial charge on any atom is 0.134 e. The summed E-state index contributed by atoms with van der Waals surface area (Å²) in [5.74, 6) is 1.18. The van der Waals surface area contributed by atoms with Gasteiger partial charge >= 0.3 is 0 Å². The lowest BCUT2D eigenvalue weighted by molar-refractivity contribution is 0.475. The molecular formula is C15H12O2. The van der Waals surface area contributed by atoms with Gasteiger partial charge in [-0.25, -0.2) is 0 Å². The first-order valence-corrected chi connectivity index (χ1v) is 5.57. The molecule has 0 aliphatic rings. The van der Waals surface area contributed by atoms with Crippen LogP contribution in [-0.4, -0.2) is 5.11 Å². The van der Waals surface area contributed by atoms with Crippen molar-refractivity contribution < 1.29 is 9.52 Å². The van der Waals surface area contributed by atoms with Crippen molar-refractivity contribution in [2.45, 2.75) is 6.42 Å². The standard InChI is InChI=1S/C15H12O2/c16-13-6-7-15-12(9-13)10-14(17-15)8-11-4-2-1-3-5-11/h1-7,9-10,16H,8H2. The van der Waals surface area contributed by atoms with Crippen molar-refractivity contribution in [2.24, 2.45) is 0 Å². The number of furan rings is 1. The highest BCUT2D eigenvalue weighted by Gasteiger charge is 2.05. The van der Waals surface area contributed by atoms with Crippen molar-refractivity contribution in [2.75, 3.05) is 0 Å². The van der Waals surface area contributed by atoms with Crippen LogP contribution in [0.1, 0.15) is 11.3 Å². The number of aromatic hydroxyl groups is 1. The summed E-state index contributed by atoms with van der Waals surface area (Å²) in [7, 11) is 0. The molecular weight excluding hydrogens is 212 g/mol. The molecule has 17 heavy (non-hydrogen) atoms. The lowest BCUT2D eigenvalue weighted by Gasteiger charge is -1.96. The molecule has 1 heterocycles. The molecule has 0 radical (unpaired) electrons. The Labute approximate surface area is 99.1 Å². The van der Waals surface area contributed by atoms with Gasteiger partial charge in [-0.3, -0.25) is 0 Å². The van der Waals surface area contributed by atoms with Gasteiger partial charge in [0.2, 0.25) is 0 Å². The van der Waals surface area contributed by atoms with E-state index >= 15 is 0 Å². The molecule has 0 aliphatic heterocycles. The lowest BCUT2D eigenvalue weighted by atomic mass is 10.1. The molecule has 0 saturated carbocycles. The highest BCUT2D eigenvalue weighted by Crippen LogP contribution is 2.24. The second-order valence-electron chi connectivity index (χ2n) is 4.10. The third kappa shape index (κ3) is 2.02. The summed E-state index contributed by atoms with van der Waals surface area (Å²) in [6, 6.07) is 17.3. The highest BCUT2D eigenvalue weighted by atomic mass is 16.3. The first-order valence-electron chi connectivity index (χ1n) is 5.57. The third-order valence-corrected chi connectivity index (χ3v) is 2.77. The fourth-order valence-corrected chi connectivity index (χ4v) is 1.97. The summed E-state index contributed by atoms with van der Waals surface area (Å²) >= 11 is 0. The maximum atomic E-state index is 9.39. The van der Waals surface area contributed by atoms with Crippen molar-refractivity contribution >= 4 is 11.0 Å². The van der Waals surface area contributed by atoms with Crippen molar-refractivity contribution in [1.29, 1.82) is 0 Å². The minimum Gasteiger partial charge on any atom is -0.508 e. The first kappa shape index (κ1) is 9.97. The Kier molecular flexibility index (Phi) is 2.33. The number of rotatable bonds is 2. The van der Waals surface area contributed by atoms with E-state index in [-0.39, 0.29) is 5.75 Å². The van der Waals surface area contributed by atoms with Gasteiger partial charge in [-0.1, -0.05) is 30.3 Å². The maximum absolute atomic E-state index is 9.39. The molecule has 84 valence electrons. The van der Waals surface area contributed by atoms with Crippen LogP contribution >= 0.6 is 0 Å². The van der Waals surface area contributed by atoms with Crippen LogP contribution in [0.3, 0.4) is 0 Å². The van der Waals surface area contributed by atoms with Crippen LogP contribution in [0.4, 0.5) is 0 Å². The summed E-state index contributed by atoms with van der Waals surface area (Å²) in [4.78, 5) is 0. The zero-order valence-electron chi connectivity index (χ0n) is 9.26. The van der Waals surface area contributed by atoms with Crippen LogP contribution < -0.4 is 0 Å². The van der Waals surface area contributed by atoms with Gasteiger partial charge in [0, 0.05) is 11.8 Å². The van der Waals surface area contributed by atoms with Crippen LogP contribution in [0, 0.1) is 0 Å². The summed E-state index contributed by atoms with van der Waals surface area (Å²) in [6.07, 6.45) is 0.774. The fraction of sp³-hybridized carbons (Fsp3) is 0.0667. The number of hydrogen-bond donors (Lipinski definition) is 1. The molecule has 3 aromatic rings. The van der Waals surface area contributed by atoms with Crippen LogP contribution in [-0.2, 0) is 6.42 Å². The zero-order valence-corrected chi connectivity index (χ0v) is 9.26. The lowest BCUT2D eigenvalue weighted by Crippen LogP contribution is -1.83. The highest BCUT2D eigenvalue weighted by molar-refractivity contribution is 5.79. The summed E-state index contributed by atoms with van der Waals surface area (Å²) in [5.41, 5.74) is 2.03. The van der Waals surface area contributed by atoms with E-state index in [0.717, 1.165) is 23.2 Å². The predicted molar refractivity (Wildman–Crippen MR) is 67.1 cm³/mol. The molecule has 0 amide bonds. The van der Waals surface area contributed by atoms with Gasteiger partial charge < -0.3 is 9.52 Å². The zero-order chi connectivity index (χ0) is 11.7. The Balaban J connectivity index is 1.96. The monoisotopic (exact) mass is 224 g/mol. The van der Waals surface area contributed by atoms with Crippen LogP contribution in [0.5, 0.6) is 5.75 Å². The van der Waals surface area contributed by atoms with Crippen LogP contribution in [0.25, 0.3) is 11.0 Å². The van der Waals surface area contributed by atoms with Gasteiger partial charge in [0.25, 0.3) is 0 Å². The molecule has 0 fully saturated rings. The minimum absolute atomic E-state index is 0.268. The molecule has 1 aromatic heterocycles. The Morgan fingerprint density at radius 1 is 0.941 bits per heavy atom. The van der Waals surface area contributed by atoms with Gasteiger partial charge in [-0.2, -0.15) is 0 Å². The van der Waals surface area contributed by atoms with Gasteiger partial charge in [-0.05, 0) is 29.8 Å². The van der Waals surface area contributed by atoms with E-state index in [0.29, 0.717) is 0 Å². The van der Waals surface area contributed by atoms with Crippen molar-refractivity contribution in [3.63, 3.8) is 0 Å². The Morgan fingerprint density at radius 3 is 2.59 bits per heavy atom. The molecule has 0 saturated heterocycles. The number of phenols is 1. The van der Waals surface area contributed by atoms with E-state index in [1.165, 1.54) is 5.56 Å². The van der Waals surface area contributed by atoms with Crippen molar-refractivity contribution in [3.05, 3.63) is 65.9 Å². The number of phenolic OH excluding ortho intramolecular Hbond substituents is 1. The fourth-order valence-electron chi connectivity index (χ4n) is 1.97. The second kappa shape index (κ2) is 3.98. The second-order valence-corrected chi connectivity index (χ2v) is 4.10. The summed E-state index contributed by atoms with van der Waals surface area (Å²) in [5, 5.41) is 10.3. The first-order chi connectivity index (χ1) is 8.31. The normalized spacial score (nSPS) is 10.8. The largest absolute Gasteiger partial charge is 0.508 e. The number of benzene rings is 2. The van der Waals surface area contributed by atoms with Crippen LogP contribution in [0.2, 0.25) is 0 Å². The summed E-state index contributed by atoms with van der Waals surface area (Å²) < 4.78 is 5.72. The van der Waals surface area contributed by atoms with E-state index in [1.54, 1.807) is 18.2 Å². The average Bonchev–Trinajstić information content (AvgIpc) is 2.71. The Bertz CT molecular complexity index is 638. The van der Waals surface area contributed by atoms with E-state index in [9.17, 15) is 5.11 Å². The van der Waals surface area contributed by atoms with Gasteiger partial charge in [0.15, 0.2) is 0 Å². The Hall–Kier alpha value is -2.22. The molecule has 0 unspecified atom stereocenters. The number of fused-ring (bicyclic) bond motifs is 1. The SMILES string of the molecule is Oc1ccc2oc(Cc3ccccc3)cc2c1. The molecule has 2 nitrogen and oxygen atoms in total. The molecule has 2 heteroatoms.